The maximum atomic E-state index is 14.6. The predicted molar refractivity (Wildman–Crippen MR) is 102 cm³/mol. The van der Waals surface area contributed by atoms with Crippen LogP contribution in [0.15, 0.2) is 22.1 Å². The van der Waals surface area contributed by atoms with E-state index in [1.165, 1.54) is 12.3 Å². The van der Waals surface area contributed by atoms with Crippen molar-refractivity contribution in [3.05, 3.63) is 43.9 Å². The molecule has 11 heteroatoms. The lowest BCUT2D eigenvalue weighted by Crippen LogP contribution is -2.37. The summed E-state index contributed by atoms with van der Waals surface area (Å²) in [4.78, 5) is 18.1. The summed E-state index contributed by atoms with van der Waals surface area (Å²) in [5.41, 5.74) is -0.911. The van der Waals surface area contributed by atoms with E-state index >= 15 is 0 Å². The Morgan fingerprint density at radius 1 is 1.44 bits per heavy atom. The van der Waals surface area contributed by atoms with Crippen molar-refractivity contribution in [1.29, 1.82) is 0 Å². The molecule has 0 aliphatic rings. The zero-order valence-electron chi connectivity index (χ0n) is 14.5. The predicted octanol–water partition coefficient (Wildman–Crippen LogP) is 5.43. The van der Waals surface area contributed by atoms with Gasteiger partial charge in [-0.2, -0.15) is 4.98 Å². The monoisotopic (exact) mass is 478 g/mol. The molecule has 0 saturated carbocycles. The molecule has 0 radical (unpaired) electrons. The Bertz CT molecular complexity index is 1020. The Hall–Kier alpha value is -1.78. The van der Waals surface area contributed by atoms with E-state index in [1.54, 1.807) is 26.2 Å². The lowest BCUT2D eigenvalue weighted by molar-refractivity contribution is 0.0576. The summed E-state index contributed by atoms with van der Waals surface area (Å²) in [5.74, 6) is -1.29. The third-order valence-electron chi connectivity index (χ3n) is 3.34. The molecule has 0 bridgehead atoms. The van der Waals surface area contributed by atoms with E-state index in [2.05, 4.69) is 26.0 Å². The second-order valence-corrected chi connectivity index (χ2v) is 8.74. The molecule has 0 atom stereocenters. The first-order valence-electron chi connectivity index (χ1n) is 7.69. The lowest BCUT2D eigenvalue weighted by Gasteiger charge is -2.27. The largest absolute Gasteiger partial charge is 0.443 e. The summed E-state index contributed by atoms with van der Waals surface area (Å²) in [5, 5.41) is 5.24. The molecule has 0 spiro atoms. The third-order valence-corrected chi connectivity index (χ3v) is 4.94. The normalized spacial score (nSPS) is 11.8. The molecule has 27 heavy (non-hydrogen) atoms. The maximum absolute atomic E-state index is 14.6. The maximum Gasteiger partial charge on any atom is 0.416 e. The second kappa shape index (κ2) is 7.33. The molecule has 3 aromatic heterocycles. The van der Waals surface area contributed by atoms with Crippen molar-refractivity contribution in [3.63, 3.8) is 0 Å². The number of hydrogen-bond donors (Lipinski definition) is 0. The number of halogens is 4. The van der Waals surface area contributed by atoms with Crippen molar-refractivity contribution in [1.82, 2.24) is 14.6 Å². The Kier molecular flexibility index (Phi) is 5.42. The zero-order valence-corrected chi connectivity index (χ0v) is 17.6. The van der Waals surface area contributed by atoms with E-state index in [4.69, 9.17) is 16.3 Å². The summed E-state index contributed by atoms with van der Waals surface area (Å²) in [6.45, 7) is 4.85. The highest BCUT2D eigenvalue weighted by Crippen LogP contribution is 2.31. The van der Waals surface area contributed by atoms with E-state index in [9.17, 15) is 13.6 Å². The van der Waals surface area contributed by atoms with Gasteiger partial charge in [-0.3, -0.25) is 4.90 Å². The van der Waals surface area contributed by atoms with Crippen molar-refractivity contribution in [2.24, 2.45) is 0 Å². The molecule has 0 fully saturated rings. The van der Waals surface area contributed by atoms with Crippen molar-refractivity contribution < 1.29 is 18.3 Å². The smallest absolute Gasteiger partial charge is 0.416 e. The second-order valence-electron chi connectivity index (χ2n) is 6.55. The molecule has 3 aromatic rings. The van der Waals surface area contributed by atoms with Crippen LogP contribution in [0.25, 0.3) is 5.52 Å². The number of aromatic nitrogens is 3. The van der Waals surface area contributed by atoms with Crippen LogP contribution < -0.4 is 4.90 Å². The summed E-state index contributed by atoms with van der Waals surface area (Å²) < 4.78 is 35.3. The van der Waals surface area contributed by atoms with Crippen LogP contribution in [0.5, 0.6) is 0 Å². The van der Waals surface area contributed by atoms with Gasteiger partial charge in [0.05, 0.1) is 15.9 Å². The standard InChI is InChI=1S/C16H14BrClF2N4O2S/c1-16(2,3)26-15(25)23(7-10-9(19)4-5-27-10)13-12-11(20)8(17)6-24(12)22-14(18)21-13/h4-6H,7H2,1-3H3. The van der Waals surface area contributed by atoms with Crippen LogP contribution >= 0.6 is 38.9 Å². The SMILES string of the molecule is CC(C)(C)OC(=O)N(Cc1sccc1F)c1nc(Cl)nn2cc(Br)c(F)c12. The fourth-order valence-corrected chi connectivity index (χ4v) is 3.57. The van der Waals surface area contributed by atoms with Crippen LogP contribution in [-0.2, 0) is 11.3 Å². The molecule has 0 N–H and O–H groups in total. The zero-order chi connectivity index (χ0) is 19.9. The highest BCUT2D eigenvalue weighted by molar-refractivity contribution is 9.10. The quantitative estimate of drug-likeness (QED) is 0.503. The molecule has 6 nitrogen and oxygen atoms in total. The van der Waals surface area contributed by atoms with Crippen molar-refractivity contribution >= 4 is 56.3 Å². The third kappa shape index (κ3) is 4.22. The van der Waals surface area contributed by atoms with Crippen molar-refractivity contribution in [2.75, 3.05) is 4.90 Å². The first-order chi connectivity index (χ1) is 12.6. The number of nitrogens with zero attached hydrogens (tertiary/aromatic N) is 4. The Labute approximate surface area is 170 Å². The highest BCUT2D eigenvalue weighted by atomic mass is 79.9. The van der Waals surface area contributed by atoms with Gasteiger partial charge in [0.15, 0.2) is 11.6 Å². The topological polar surface area (TPSA) is 59.7 Å². The molecule has 0 aromatic carbocycles. The van der Waals surface area contributed by atoms with Gasteiger partial charge < -0.3 is 4.74 Å². The fraction of sp³-hybridized carbons (Fsp3) is 0.312. The molecule has 0 aliphatic heterocycles. The van der Waals surface area contributed by atoms with Gasteiger partial charge in [-0.05, 0) is 59.7 Å². The minimum Gasteiger partial charge on any atom is -0.443 e. The van der Waals surface area contributed by atoms with Gasteiger partial charge >= 0.3 is 6.09 Å². The number of amides is 1. The molecule has 144 valence electrons. The number of carbonyl (C=O) groups is 1. The van der Waals surface area contributed by atoms with Crippen LogP contribution in [0.2, 0.25) is 5.28 Å². The first kappa shape index (κ1) is 20.0. The van der Waals surface area contributed by atoms with Crippen LogP contribution in [0.4, 0.5) is 19.4 Å². The molecule has 3 rings (SSSR count). The number of fused-ring (bicyclic) bond motifs is 1. The number of rotatable bonds is 3. The van der Waals surface area contributed by atoms with Crippen molar-refractivity contribution in [3.8, 4) is 0 Å². The number of ether oxygens (including phenoxy) is 1. The fourth-order valence-electron chi connectivity index (χ4n) is 2.29. The van der Waals surface area contributed by atoms with Gasteiger partial charge in [0.25, 0.3) is 0 Å². The lowest BCUT2D eigenvalue weighted by atomic mass is 10.2. The number of carbonyl (C=O) groups excluding carboxylic acids is 1. The summed E-state index contributed by atoms with van der Waals surface area (Å²) >= 11 is 10.1. The van der Waals surface area contributed by atoms with E-state index in [1.807, 2.05) is 0 Å². The number of thiophene rings is 1. The van der Waals surface area contributed by atoms with Crippen LogP contribution in [0.3, 0.4) is 0 Å². The van der Waals surface area contributed by atoms with Gasteiger partial charge in [-0.25, -0.2) is 18.1 Å². The molecule has 3 heterocycles. The van der Waals surface area contributed by atoms with Gasteiger partial charge in [0, 0.05) is 6.20 Å². The molecule has 0 saturated heterocycles. The summed E-state index contributed by atoms with van der Waals surface area (Å²) in [7, 11) is 0. The first-order valence-corrected chi connectivity index (χ1v) is 9.74. The molecular formula is C16H14BrClF2N4O2S. The van der Waals surface area contributed by atoms with E-state index in [0.29, 0.717) is 0 Å². The Morgan fingerprint density at radius 3 is 2.74 bits per heavy atom. The van der Waals surface area contributed by atoms with E-state index in [0.717, 1.165) is 20.8 Å². The Morgan fingerprint density at radius 2 is 2.15 bits per heavy atom. The molecule has 0 unspecified atom stereocenters. The van der Waals surface area contributed by atoms with Gasteiger partial charge in [0.2, 0.25) is 5.28 Å². The van der Waals surface area contributed by atoms with E-state index < -0.39 is 23.3 Å². The minimum absolute atomic E-state index is 0.0888. The molecule has 1 amide bonds. The number of hydrogen-bond acceptors (Lipinski definition) is 5. The Balaban J connectivity index is 2.16. The van der Waals surface area contributed by atoms with Gasteiger partial charge in [-0.15, -0.1) is 16.4 Å². The summed E-state index contributed by atoms with van der Waals surface area (Å²) in [6, 6.07) is 1.28. The van der Waals surface area contributed by atoms with Crippen molar-refractivity contribution in [2.45, 2.75) is 32.9 Å². The molecule has 0 aliphatic carbocycles. The summed E-state index contributed by atoms with van der Waals surface area (Å²) in [6.07, 6.45) is 0.532. The number of anilines is 1. The van der Waals surface area contributed by atoms with Gasteiger partial charge in [0.1, 0.15) is 16.9 Å². The molecular weight excluding hydrogens is 466 g/mol. The average Bonchev–Trinajstić information content (AvgIpc) is 3.06. The van der Waals surface area contributed by atoms with E-state index in [-0.39, 0.29) is 32.5 Å². The van der Waals surface area contributed by atoms with Gasteiger partial charge in [-0.1, -0.05) is 0 Å². The van der Waals surface area contributed by atoms with Crippen LogP contribution in [0, 0.1) is 11.6 Å². The van der Waals surface area contributed by atoms with Crippen LogP contribution in [-0.4, -0.2) is 26.3 Å². The highest BCUT2D eigenvalue weighted by Gasteiger charge is 2.30. The average molecular weight is 480 g/mol. The minimum atomic E-state index is -0.822. The van der Waals surface area contributed by atoms with Crippen LogP contribution in [0.1, 0.15) is 25.6 Å².